The van der Waals surface area contributed by atoms with Gasteiger partial charge in [0.25, 0.3) is 0 Å². The summed E-state index contributed by atoms with van der Waals surface area (Å²) >= 11 is 5.28. The van der Waals surface area contributed by atoms with Gasteiger partial charge in [-0.25, -0.2) is 0 Å². The number of aryl methyl sites for hydroxylation is 1. The fourth-order valence-electron chi connectivity index (χ4n) is 1.86. The van der Waals surface area contributed by atoms with Crippen molar-refractivity contribution in [2.75, 3.05) is 7.11 Å². The van der Waals surface area contributed by atoms with Crippen molar-refractivity contribution < 1.29 is 4.74 Å². The highest BCUT2D eigenvalue weighted by Gasteiger charge is 2.09. The molecule has 0 radical (unpaired) electrons. The zero-order valence-corrected chi connectivity index (χ0v) is 11.0. The van der Waals surface area contributed by atoms with Gasteiger partial charge in [0, 0.05) is 11.9 Å². The molecule has 0 amide bonds. The first kappa shape index (κ1) is 11.9. The Morgan fingerprint density at radius 1 is 1.29 bits per heavy atom. The van der Waals surface area contributed by atoms with E-state index < -0.39 is 0 Å². The molecule has 1 aromatic heterocycles. The lowest BCUT2D eigenvalue weighted by Crippen LogP contribution is -2.05. The smallest absolute Gasteiger partial charge is 0.177 e. The molecule has 2 rings (SSSR count). The molecule has 1 atom stereocenters. The van der Waals surface area contributed by atoms with Crippen LogP contribution in [0.15, 0.2) is 30.5 Å². The molecule has 4 heteroatoms. The summed E-state index contributed by atoms with van der Waals surface area (Å²) in [4.78, 5) is 3.13. The summed E-state index contributed by atoms with van der Waals surface area (Å²) in [5, 5.41) is 0. The molecule has 1 heterocycles. The normalized spacial score (nSPS) is 12.4. The number of rotatable bonds is 3. The van der Waals surface area contributed by atoms with Crippen LogP contribution in [0.25, 0.3) is 0 Å². The van der Waals surface area contributed by atoms with E-state index in [1.54, 1.807) is 7.11 Å². The second-order valence-corrected chi connectivity index (χ2v) is 4.49. The summed E-state index contributed by atoms with van der Waals surface area (Å²) in [6.45, 7) is 4.14. The van der Waals surface area contributed by atoms with Crippen LogP contribution in [0.3, 0.4) is 0 Å². The van der Waals surface area contributed by atoms with Gasteiger partial charge in [0.1, 0.15) is 5.75 Å². The van der Waals surface area contributed by atoms with E-state index in [2.05, 4.69) is 28.6 Å². The van der Waals surface area contributed by atoms with Gasteiger partial charge < -0.3 is 14.3 Å². The van der Waals surface area contributed by atoms with Gasteiger partial charge in [-0.1, -0.05) is 12.1 Å². The van der Waals surface area contributed by atoms with Crippen molar-refractivity contribution in [2.45, 2.75) is 19.9 Å². The van der Waals surface area contributed by atoms with Crippen molar-refractivity contribution >= 4 is 12.2 Å². The molecule has 0 saturated carbocycles. The summed E-state index contributed by atoms with van der Waals surface area (Å²) in [5.41, 5.74) is 2.29. The lowest BCUT2D eigenvalue weighted by Gasteiger charge is -2.14. The maximum Gasteiger partial charge on any atom is 0.177 e. The molecule has 0 saturated heterocycles. The monoisotopic (exact) mass is 248 g/mol. The molecule has 3 nitrogen and oxygen atoms in total. The van der Waals surface area contributed by atoms with Gasteiger partial charge in [-0.3, -0.25) is 0 Å². The number of hydrogen-bond donors (Lipinski definition) is 1. The second-order valence-electron chi connectivity index (χ2n) is 4.10. The second kappa shape index (κ2) is 4.75. The number of methoxy groups -OCH3 is 1. The zero-order valence-electron chi connectivity index (χ0n) is 10.2. The number of aromatic amines is 1. The van der Waals surface area contributed by atoms with Crippen LogP contribution in [-0.4, -0.2) is 16.7 Å². The van der Waals surface area contributed by atoms with Crippen LogP contribution in [0.2, 0.25) is 0 Å². The Bertz CT molecular complexity index is 554. The third-order valence-electron chi connectivity index (χ3n) is 2.89. The van der Waals surface area contributed by atoms with Gasteiger partial charge in [-0.05, 0) is 43.8 Å². The number of hydrogen-bond acceptors (Lipinski definition) is 2. The molecule has 0 aliphatic rings. The Kier molecular flexibility index (Phi) is 3.33. The molecule has 2 aromatic rings. The van der Waals surface area contributed by atoms with Crippen LogP contribution in [0.5, 0.6) is 5.75 Å². The van der Waals surface area contributed by atoms with E-state index in [1.165, 1.54) is 5.56 Å². The van der Waals surface area contributed by atoms with Crippen molar-refractivity contribution in [2.24, 2.45) is 0 Å². The summed E-state index contributed by atoms with van der Waals surface area (Å²) in [7, 11) is 1.67. The minimum atomic E-state index is 0.221. The molecule has 0 spiro atoms. The maximum atomic E-state index is 5.28. The Morgan fingerprint density at radius 2 is 1.94 bits per heavy atom. The van der Waals surface area contributed by atoms with Crippen LogP contribution in [0.1, 0.15) is 24.2 Å². The van der Waals surface area contributed by atoms with Gasteiger partial charge in [0.05, 0.1) is 13.2 Å². The van der Waals surface area contributed by atoms with Crippen LogP contribution < -0.4 is 4.74 Å². The minimum Gasteiger partial charge on any atom is -0.497 e. The van der Waals surface area contributed by atoms with Crippen LogP contribution in [0.4, 0.5) is 0 Å². The van der Waals surface area contributed by atoms with Gasteiger partial charge in [0.2, 0.25) is 0 Å². The van der Waals surface area contributed by atoms with E-state index >= 15 is 0 Å². The SMILES string of the molecule is COc1ccc(C(C)n2cc(C)[nH]c2=S)cc1. The molecule has 90 valence electrons. The van der Waals surface area contributed by atoms with Crippen molar-refractivity contribution in [3.8, 4) is 5.75 Å². The van der Waals surface area contributed by atoms with Crippen molar-refractivity contribution in [1.82, 2.24) is 9.55 Å². The standard InChI is InChI=1S/C13H16N2OS/c1-9-8-15(13(17)14-9)10(2)11-4-6-12(16-3)7-5-11/h4-8,10H,1-3H3,(H,14,17). The lowest BCUT2D eigenvalue weighted by atomic mass is 10.1. The molecule has 0 bridgehead atoms. The predicted octanol–water partition coefficient (Wildman–Crippen LogP) is 3.47. The number of nitrogens with one attached hydrogen (secondary N) is 1. The predicted molar refractivity (Wildman–Crippen MR) is 71.2 cm³/mol. The van der Waals surface area contributed by atoms with Crippen LogP contribution >= 0.6 is 12.2 Å². The molecular formula is C13H16N2OS. The molecule has 17 heavy (non-hydrogen) atoms. The van der Waals surface area contributed by atoms with E-state index in [1.807, 2.05) is 25.3 Å². The first-order chi connectivity index (χ1) is 8.11. The Labute approximate surface area is 106 Å². The zero-order chi connectivity index (χ0) is 12.4. The van der Waals surface area contributed by atoms with Crippen molar-refractivity contribution in [3.05, 3.63) is 46.5 Å². The molecule has 0 aliphatic heterocycles. The lowest BCUT2D eigenvalue weighted by molar-refractivity contribution is 0.414. The maximum absolute atomic E-state index is 5.28. The van der Waals surface area contributed by atoms with E-state index in [0.29, 0.717) is 0 Å². The average Bonchev–Trinajstić information content (AvgIpc) is 2.68. The fourth-order valence-corrected chi connectivity index (χ4v) is 2.24. The van der Waals surface area contributed by atoms with E-state index in [-0.39, 0.29) is 6.04 Å². The summed E-state index contributed by atoms with van der Waals surface area (Å²) in [6.07, 6.45) is 2.04. The van der Waals surface area contributed by atoms with E-state index in [4.69, 9.17) is 17.0 Å². The number of imidazole rings is 1. The summed E-state index contributed by atoms with van der Waals surface area (Å²) < 4.78 is 7.97. The number of aromatic nitrogens is 2. The highest BCUT2D eigenvalue weighted by molar-refractivity contribution is 7.71. The van der Waals surface area contributed by atoms with E-state index in [0.717, 1.165) is 16.2 Å². The third-order valence-corrected chi connectivity index (χ3v) is 3.20. The number of nitrogens with zero attached hydrogens (tertiary/aromatic N) is 1. The average molecular weight is 248 g/mol. The molecular weight excluding hydrogens is 232 g/mol. The molecule has 1 aromatic carbocycles. The molecule has 0 fully saturated rings. The molecule has 1 unspecified atom stereocenters. The topological polar surface area (TPSA) is 29.9 Å². The highest BCUT2D eigenvalue weighted by Crippen LogP contribution is 2.21. The quantitative estimate of drug-likeness (QED) is 0.843. The summed E-state index contributed by atoms with van der Waals surface area (Å²) in [5.74, 6) is 0.870. The third kappa shape index (κ3) is 2.42. The first-order valence-electron chi connectivity index (χ1n) is 5.53. The highest BCUT2D eigenvalue weighted by atomic mass is 32.1. The Morgan fingerprint density at radius 3 is 2.41 bits per heavy atom. The van der Waals surface area contributed by atoms with Crippen LogP contribution in [0, 0.1) is 11.7 Å². The van der Waals surface area contributed by atoms with Crippen LogP contribution in [-0.2, 0) is 0 Å². The number of ether oxygens (including phenoxy) is 1. The fraction of sp³-hybridized carbons (Fsp3) is 0.308. The molecule has 1 N–H and O–H groups in total. The number of H-pyrrole nitrogens is 1. The van der Waals surface area contributed by atoms with Crippen molar-refractivity contribution in [3.63, 3.8) is 0 Å². The van der Waals surface area contributed by atoms with Gasteiger partial charge in [-0.2, -0.15) is 0 Å². The summed E-state index contributed by atoms with van der Waals surface area (Å²) in [6, 6.07) is 8.28. The molecule has 0 aliphatic carbocycles. The first-order valence-corrected chi connectivity index (χ1v) is 5.94. The Hall–Kier alpha value is -1.55. The van der Waals surface area contributed by atoms with Gasteiger partial charge >= 0.3 is 0 Å². The number of benzene rings is 1. The largest absolute Gasteiger partial charge is 0.497 e. The van der Waals surface area contributed by atoms with Gasteiger partial charge in [-0.15, -0.1) is 0 Å². The van der Waals surface area contributed by atoms with E-state index in [9.17, 15) is 0 Å². The minimum absolute atomic E-state index is 0.221. The van der Waals surface area contributed by atoms with Gasteiger partial charge in [0.15, 0.2) is 4.77 Å². The van der Waals surface area contributed by atoms with Crippen molar-refractivity contribution in [1.29, 1.82) is 0 Å². The Balaban J connectivity index is 2.33.